The second kappa shape index (κ2) is 5.23. The number of aromatic nitrogens is 2. The summed E-state index contributed by atoms with van der Waals surface area (Å²) in [5.41, 5.74) is 5.72. The largest absolute Gasteiger partial charge is 0.434 e. The number of benzene rings is 1. The van der Waals surface area contributed by atoms with Crippen molar-refractivity contribution in [3.05, 3.63) is 29.0 Å². The van der Waals surface area contributed by atoms with Crippen molar-refractivity contribution in [3.63, 3.8) is 0 Å². The quantitative estimate of drug-likeness (QED) is 0.936. The normalized spacial score (nSPS) is 16.8. The van der Waals surface area contributed by atoms with Crippen LogP contribution in [0.15, 0.2) is 22.7 Å². The van der Waals surface area contributed by atoms with E-state index in [-0.39, 0.29) is 17.2 Å². The Morgan fingerprint density at radius 2 is 2.14 bits per heavy atom. The van der Waals surface area contributed by atoms with Gasteiger partial charge in [0.25, 0.3) is 5.89 Å². The molecule has 0 saturated heterocycles. The molecule has 0 aliphatic heterocycles. The Labute approximate surface area is 124 Å². The molecule has 1 fully saturated rings. The Kier molecular flexibility index (Phi) is 3.54. The molecule has 1 aliphatic rings. The van der Waals surface area contributed by atoms with Gasteiger partial charge in [-0.05, 0) is 37.5 Å². The highest BCUT2D eigenvalue weighted by Crippen LogP contribution is 2.39. The summed E-state index contributed by atoms with van der Waals surface area (Å²) in [6.45, 7) is -2.96. The molecule has 1 heterocycles. The topological polar surface area (TPSA) is 74.2 Å². The number of nitrogens with zero attached hydrogens (tertiary/aromatic N) is 2. The van der Waals surface area contributed by atoms with Gasteiger partial charge in [-0.1, -0.05) is 16.8 Å². The first-order valence-electron chi connectivity index (χ1n) is 6.36. The highest BCUT2D eigenvalue weighted by molar-refractivity contribution is 6.30. The van der Waals surface area contributed by atoms with Gasteiger partial charge in [-0.25, -0.2) is 0 Å². The van der Waals surface area contributed by atoms with Gasteiger partial charge in [0.2, 0.25) is 0 Å². The highest BCUT2D eigenvalue weighted by Gasteiger charge is 2.39. The standard InChI is InChI=1S/C13H12ClF2N3O2/c14-7-2-3-9(20-12(15)16)8(6-7)10-18-11(19-21-10)13(17)4-1-5-13/h2-3,6,12H,1,4-5,17H2. The van der Waals surface area contributed by atoms with Crippen LogP contribution < -0.4 is 10.5 Å². The lowest BCUT2D eigenvalue weighted by Gasteiger charge is -2.34. The minimum absolute atomic E-state index is 0.0554. The number of rotatable bonds is 4. The molecule has 1 aliphatic carbocycles. The van der Waals surface area contributed by atoms with Crippen LogP contribution in [-0.4, -0.2) is 16.8 Å². The Hall–Kier alpha value is -1.73. The molecular weight excluding hydrogens is 304 g/mol. The Bertz CT molecular complexity index is 659. The maximum atomic E-state index is 12.4. The van der Waals surface area contributed by atoms with E-state index in [4.69, 9.17) is 21.9 Å². The van der Waals surface area contributed by atoms with Crippen LogP contribution in [0.25, 0.3) is 11.5 Å². The summed E-state index contributed by atoms with van der Waals surface area (Å²) in [7, 11) is 0. The number of ether oxygens (including phenoxy) is 1. The molecule has 0 radical (unpaired) electrons. The van der Waals surface area contributed by atoms with E-state index in [0.717, 1.165) is 19.3 Å². The zero-order chi connectivity index (χ0) is 15.0. The van der Waals surface area contributed by atoms with Crippen molar-refractivity contribution in [1.29, 1.82) is 0 Å². The first-order chi connectivity index (χ1) is 9.98. The zero-order valence-corrected chi connectivity index (χ0v) is 11.6. The maximum absolute atomic E-state index is 12.4. The van der Waals surface area contributed by atoms with Gasteiger partial charge in [0, 0.05) is 5.02 Å². The predicted octanol–water partition coefficient (Wildman–Crippen LogP) is 3.33. The number of alkyl halides is 2. The van der Waals surface area contributed by atoms with Gasteiger partial charge in [0.05, 0.1) is 11.1 Å². The second-order valence-corrected chi connectivity index (χ2v) is 5.39. The van der Waals surface area contributed by atoms with Crippen molar-refractivity contribution < 1.29 is 18.0 Å². The average Bonchev–Trinajstić information content (AvgIpc) is 2.87. The van der Waals surface area contributed by atoms with E-state index in [9.17, 15) is 8.78 Å². The molecule has 112 valence electrons. The summed E-state index contributed by atoms with van der Waals surface area (Å²) >= 11 is 5.88. The lowest BCUT2D eigenvalue weighted by molar-refractivity contribution is -0.0495. The molecule has 2 N–H and O–H groups in total. The second-order valence-electron chi connectivity index (χ2n) is 4.95. The molecule has 21 heavy (non-hydrogen) atoms. The monoisotopic (exact) mass is 315 g/mol. The molecule has 8 heteroatoms. The molecule has 5 nitrogen and oxygen atoms in total. The number of nitrogens with two attached hydrogens (primary N) is 1. The van der Waals surface area contributed by atoms with Crippen LogP contribution >= 0.6 is 11.6 Å². The van der Waals surface area contributed by atoms with Crippen molar-refractivity contribution in [3.8, 4) is 17.2 Å². The van der Waals surface area contributed by atoms with Crippen LogP contribution in [0.5, 0.6) is 5.75 Å². The summed E-state index contributed by atoms with van der Waals surface area (Å²) < 4.78 is 34.4. The van der Waals surface area contributed by atoms with Crippen LogP contribution in [0.3, 0.4) is 0 Å². The number of hydrogen-bond donors (Lipinski definition) is 1. The average molecular weight is 316 g/mol. The van der Waals surface area contributed by atoms with Crippen LogP contribution in [-0.2, 0) is 5.54 Å². The summed E-state index contributed by atoms with van der Waals surface area (Å²) in [5, 5.41) is 4.18. The molecule has 3 rings (SSSR count). The molecule has 0 bridgehead atoms. The lowest BCUT2D eigenvalue weighted by Crippen LogP contribution is -2.44. The third kappa shape index (κ3) is 2.71. The van der Waals surface area contributed by atoms with E-state index in [2.05, 4.69) is 14.9 Å². The van der Waals surface area contributed by atoms with Crippen LogP contribution in [0, 0.1) is 0 Å². The molecule has 1 aromatic heterocycles. The summed E-state index contributed by atoms with van der Waals surface area (Å²) in [6, 6.07) is 4.20. The van der Waals surface area contributed by atoms with Gasteiger partial charge in [-0.15, -0.1) is 0 Å². The van der Waals surface area contributed by atoms with Gasteiger partial charge in [0.15, 0.2) is 5.82 Å². The molecule has 1 saturated carbocycles. The number of hydrogen-bond acceptors (Lipinski definition) is 5. The van der Waals surface area contributed by atoms with E-state index in [1.807, 2.05) is 0 Å². The summed E-state index contributed by atoms with van der Waals surface area (Å²) in [5.74, 6) is 0.343. The minimum atomic E-state index is -2.96. The van der Waals surface area contributed by atoms with Crippen molar-refractivity contribution >= 4 is 11.6 Å². The van der Waals surface area contributed by atoms with E-state index in [1.54, 1.807) is 0 Å². The van der Waals surface area contributed by atoms with Gasteiger partial charge in [-0.2, -0.15) is 13.8 Å². The van der Waals surface area contributed by atoms with E-state index in [0.29, 0.717) is 10.8 Å². The maximum Gasteiger partial charge on any atom is 0.387 e. The minimum Gasteiger partial charge on any atom is -0.434 e. The third-order valence-corrected chi connectivity index (χ3v) is 3.74. The van der Waals surface area contributed by atoms with Crippen molar-refractivity contribution in [2.75, 3.05) is 0 Å². The van der Waals surface area contributed by atoms with Gasteiger partial charge >= 0.3 is 6.61 Å². The molecule has 0 unspecified atom stereocenters. The van der Waals surface area contributed by atoms with Crippen molar-refractivity contribution in [2.45, 2.75) is 31.4 Å². The fraction of sp³-hybridized carbons (Fsp3) is 0.385. The van der Waals surface area contributed by atoms with E-state index < -0.39 is 12.2 Å². The third-order valence-electron chi connectivity index (χ3n) is 3.51. The van der Waals surface area contributed by atoms with Crippen molar-refractivity contribution in [1.82, 2.24) is 10.1 Å². The predicted molar refractivity (Wildman–Crippen MR) is 71.1 cm³/mol. The fourth-order valence-corrected chi connectivity index (χ4v) is 2.36. The Morgan fingerprint density at radius 3 is 2.76 bits per heavy atom. The molecule has 0 spiro atoms. The molecule has 2 aromatic rings. The lowest BCUT2D eigenvalue weighted by atomic mass is 9.77. The summed E-state index contributed by atoms with van der Waals surface area (Å²) in [4.78, 5) is 4.20. The molecule has 0 atom stereocenters. The Morgan fingerprint density at radius 1 is 1.38 bits per heavy atom. The Balaban J connectivity index is 1.97. The van der Waals surface area contributed by atoms with Gasteiger partial charge in [-0.3, -0.25) is 0 Å². The van der Waals surface area contributed by atoms with Crippen LogP contribution in [0.1, 0.15) is 25.1 Å². The highest BCUT2D eigenvalue weighted by atomic mass is 35.5. The summed E-state index contributed by atoms with van der Waals surface area (Å²) in [6.07, 6.45) is 2.53. The van der Waals surface area contributed by atoms with Gasteiger partial charge < -0.3 is 15.0 Å². The van der Waals surface area contributed by atoms with Crippen LogP contribution in [0.2, 0.25) is 5.02 Å². The van der Waals surface area contributed by atoms with E-state index in [1.165, 1.54) is 18.2 Å². The van der Waals surface area contributed by atoms with Crippen molar-refractivity contribution in [2.24, 2.45) is 5.73 Å². The van der Waals surface area contributed by atoms with Gasteiger partial charge in [0.1, 0.15) is 5.75 Å². The zero-order valence-electron chi connectivity index (χ0n) is 10.9. The SMILES string of the molecule is NC1(c2noc(-c3cc(Cl)ccc3OC(F)F)n2)CCC1. The first-order valence-corrected chi connectivity index (χ1v) is 6.73. The molecule has 0 amide bonds. The smallest absolute Gasteiger partial charge is 0.387 e. The first kappa shape index (κ1) is 14.2. The molecular formula is C13H12ClF2N3O2. The van der Waals surface area contributed by atoms with E-state index >= 15 is 0 Å². The fourth-order valence-electron chi connectivity index (χ4n) is 2.18. The number of halogens is 3. The van der Waals surface area contributed by atoms with Crippen LogP contribution in [0.4, 0.5) is 8.78 Å². The molecule has 1 aromatic carbocycles.